The molecule has 1 aliphatic heterocycles. The highest BCUT2D eigenvalue weighted by Gasteiger charge is 2.07. The average molecular weight is 286 g/mol. The van der Waals surface area contributed by atoms with E-state index in [0.29, 0.717) is 6.04 Å². The Bertz CT molecular complexity index is 482. The summed E-state index contributed by atoms with van der Waals surface area (Å²) >= 11 is 0. The first kappa shape index (κ1) is 15.4. The third kappa shape index (κ3) is 4.52. The molecule has 0 saturated heterocycles. The maximum absolute atomic E-state index is 4.25. The van der Waals surface area contributed by atoms with Gasteiger partial charge in [0.25, 0.3) is 0 Å². The van der Waals surface area contributed by atoms with Crippen LogP contribution in [0.2, 0.25) is 0 Å². The second-order valence-electron chi connectivity index (χ2n) is 5.42. The lowest BCUT2D eigenvalue weighted by Crippen LogP contribution is -2.41. The number of hydrogen-bond donors (Lipinski definition) is 2. The Balaban J connectivity index is 1.85. The van der Waals surface area contributed by atoms with Gasteiger partial charge in [-0.15, -0.1) is 0 Å². The van der Waals surface area contributed by atoms with Gasteiger partial charge >= 0.3 is 0 Å². The summed E-state index contributed by atoms with van der Waals surface area (Å²) in [6.45, 7) is 7.14. The quantitative estimate of drug-likeness (QED) is 0.496. The lowest BCUT2D eigenvalue weighted by atomic mass is 10.2. The summed E-state index contributed by atoms with van der Waals surface area (Å²) in [5.74, 6) is 0.858. The highest BCUT2D eigenvalue weighted by atomic mass is 15.2. The minimum absolute atomic E-state index is 0.432. The van der Waals surface area contributed by atoms with Crippen LogP contribution in [0.15, 0.2) is 41.4 Å². The molecule has 2 N–H and O–H groups in total. The zero-order valence-corrected chi connectivity index (χ0v) is 13.3. The molecule has 0 amide bonds. The summed E-state index contributed by atoms with van der Waals surface area (Å²) in [4.78, 5) is 6.60. The minimum Gasteiger partial charge on any atom is -0.364 e. The van der Waals surface area contributed by atoms with Gasteiger partial charge in [-0.05, 0) is 31.0 Å². The molecule has 0 aliphatic carbocycles. The van der Waals surface area contributed by atoms with E-state index >= 15 is 0 Å². The normalized spacial score (nSPS) is 16.1. The first-order valence-electron chi connectivity index (χ1n) is 7.69. The number of nitrogens with one attached hydrogen (secondary N) is 2. The Kier molecular flexibility index (Phi) is 5.67. The number of rotatable bonds is 5. The maximum Gasteiger partial charge on any atom is 0.191 e. The monoisotopic (exact) mass is 286 g/mol. The van der Waals surface area contributed by atoms with Crippen LogP contribution in [0.1, 0.15) is 25.8 Å². The minimum atomic E-state index is 0.432. The van der Waals surface area contributed by atoms with Gasteiger partial charge in [-0.25, -0.2) is 0 Å². The SMILES string of the molecule is CCC(C)NC(=NC)NCc1ccc(N2CC=CC2)cc1. The molecule has 2 rings (SSSR count). The fraction of sp³-hybridized carbons (Fsp3) is 0.471. The van der Waals surface area contributed by atoms with Crippen LogP contribution in [-0.2, 0) is 6.54 Å². The van der Waals surface area contributed by atoms with E-state index in [-0.39, 0.29) is 0 Å². The predicted molar refractivity (Wildman–Crippen MR) is 90.9 cm³/mol. The third-order valence-electron chi connectivity index (χ3n) is 3.80. The van der Waals surface area contributed by atoms with Crippen molar-refractivity contribution < 1.29 is 0 Å². The zero-order valence-electron chi connectivity index (χ0n) is 13.3. The van der Waals surface area contributed by atoms with E-state index < -0.39 is 0 Å². The van der Waals surface area contributed by atoms with Gasteiger partial charge in [0.1, 0.15) is 0 Å². The second-order valence-corrected chi connectivity index (χ2v) is 5.42. The van der Waals surface area contributed by atoms with Gasteiger partial charge in [-0.2, -0.15) is 0 Å². The molecule has 4 nitrogen and oxygen atoms in total. The maximum atomic E-state index is 4.25. The van der Waals surface area contributed by atoms with E-state index in [4.69, 9.17) is 0 Å². The largest absolute Gasteiger partial charge is 0.364 e. The van der Waals surface area contributed by atoms with E-state index in [1.807, 2.05) is 0 Å². The summed E-state index contributed by atoms with van der Waals surface area (Å²) in [5, 5.41) is 6.72. The predicted octanol–water partition coefficient (Wildman–Crippen LogP) is 2.53. The van der Waals surface area contributed by atoms with Gasteiger partial charge in [-0.1, -0.05) is 31.2 Å². The summed E-state index contributed by atoms with van der Waals surface area (Å²) in [6.07, 6.45) is 5.50. The second kappa shape index (κ2) is 7.72. The van der Waals surface area contributed by atoms with Crippen LogP contribution in [0.25, 0.3) is 0 Å². The van der Waals surface area contributed by atoms with Gasteiger partial charge in [0.05, 0.1) is 0 Å². The highest BCUT2D eigenvalue weighted by molar-refractivity contribution is 5.79. The van der Waals surface area contributed by atoms with Crippen LogP contribution in [0, 0.1) is 0 Å². The first-order chi connectivity index (χ1) is 10.2. The van der Waals surface area contributed by atoms with Crippen LogP contribution in [-0.4, -0.2) is 32.1 Å². The number of anilines is 1. The molecule has 114 valence electrons. The van der Waals surface area contributed by atoms with Crippen molar-refractivity contribution in [1.29, 1.82) is 0 Å². The van der Waals surface area contributed by atoms with Crippen molar-refractivity contribution in [3.8, 4) is 0 Å². The van der Waals surface area contributed by atoms with Crippen molar-refractivity contribution in [2.75, 3.05) is 25.0 Å². The third-order valence-corrected chi connectivity index (χ3v) is 3.80. The Labute approximate surface area is 128 Å². The number of guanidine groups is 1. The molecule has 1 aromatic carbocycles. The standard InChI is InChI=1S/C17H26N4/c1-4-14(2)20-17(18-3)19-13-15-7-9-16(10-8-15)21-11-5-6-12-21/h5-10,14H,4,11-13H2,1-3H3,(H2,18,19,20). The molecule has 0 saturated carbocycles. The molecule has 0 bridgehead atoms. The molecule has 1 aromatic rings. The van der Waals surface area contributed by atoms with Gasteiger partial charge < -0.3 is 15.5 Å². The summed E-state index contributed by atoms with van der Waals surface area (Å²) in [6, 6.07) is 9.17. The first-order valence-corrected chi connectivity index (χ1v) is 7.69. The smallest absolute Gasteiger partial charge is 0.191 e. The molecule has 1 unspecified atom stereocenters. The van der Waals surface area contributed by atoms with E-state index in [2.05, 4.69) is 70.8 Å². The molecule has 0 fully saturated rings. The fourth-order valence-electron chi connectivity index (χ4n) is 2.23. The van der Waals surface area contributed by atoms with E-state index in [1.165, 1.54) is 11.3 Å². The van der Waals surface area contributed by atoms with Crippen LogP contribution < -0.4 is 15.5 Å². The van der Waals surface area contributed by atoms with Gasteiger partial charge in [-0.3, -0.25) is 4.99 Å². The van der Waals surface area contributed by atoms with Crippen LogP contribution in [0.4, 0.5) is 5.69 Å². The lowest BCUT2D eigenvalue weighted by Gasteiger charge is -2.19. The average Bonchev–Trinajstić information content (AvgIpc) is 3.06. The molecular weight excluding hydrogens is 260 g/mol. The van der Waals surface area contributed by atoms with E-state index in [1.54, 1.807) is 7.05 Å². The summed E-state index contributed by atoms with van der Waals surface area (Å²) < 4.78 is 0. The fourth-order valence-corrected chi connectivity index (χ4v) is 2.23. The summed E-state index contributed by atoms with van der Waals surface area (Å²) in [7, 11) is 1.81. The van der Waals surface area contributed by atoms with Gasteiger partial charge in [0, 0.05) is 38.4 Å². The molecule has 1 heterocycles. The molecule has 1 aliphatic rings. The van der Waals surface area contributed by atoms with Crippen molar-refractivity contribution in [3.05, 3.63) is 42.0 Å². The zero-order chi connectivity index (χ0) is 15.1. The van der Waals surface area contributed by atoms with Crippen LogP contribution >= 0.6 is 0 Å². The van der Waals surface area contributed by atoms with Crippen molar-refractivity contribution in [2.24, 2.45) is 4.99 Å². The van der Waals surface area contributed by atoms with Crippen LogP contribution in [0.5, 0.6) is 0 Å². The van der Waals surface area contributed by atoms with Crippen molar-refractivity contribution >= 4 is 11.6 Å². The van der Waals surface area contributed by atoms with E-state index in [9.17, 15) is 0 Å². The molecule has 21 heavy (non-hydrogen) atoms. The molecule has 1 atom stereocenters. The number of nitrogens with zero attached hydrogens (tertiary/aromatic N) is 2. The Hall–Kier alpha value is -1.97. The Morgan fingerprint density at radius 1 is 1.24 bits per heavy atom. The van der Waals surface area contributed by atoms with E-state index in [0.717, 1.165) is 32.0 Å². The Morgan fingerprint density at radius 2 is 1.90 bits per heavy atom. The number of hydrogen-bond acceptors (Lipinski definition) is 2. The van der Waals surface area contributed by atoms with Gasteiger partial charge in [0.15, 0.2) is 5.96 Å². The Morgan fingerprint density at radius 3 is 2.48 bits per heavy atom. The van der Waals surface area contributed by atoms with Crippen molar-refractivity contribution in [1.82, 2.24) is 10.6 Å². The molecule has 0 radical (unpaired) electrons. The molecule has 0 aromatic heterocycles. The highest BCUT2D eigenvalue weighted by Crippen LogP contribution is 2.17. The molecular formula is C17H26N4. The number of benzene rings is 1. The molecule has 4 heteroatoms. The van der Waals surface area contributed by atoms with Crippen molar-refractivity contribution in [3.63, 3.8) is 0 Å². The van der Waals surface area contributed by atoms with Crippen molar-refractivity contribution in [2.45, 2.75) is 32.9 Å². The van der Waals surface area contributed by atoms with Crippen LogP contribution in [0.3, 0.4) is 0 Å². The molecule has 0 spiro atoms. The number of aliphatic imine (C=N–C) groups is 1. The summed E-state index contributed by atoms with van der Waals surface area (Å²) in [5.41, 5.74) is 2.55. The topological polar surface area (TPSA) is 39.7 Å². The van der Waals surface area contributed by atoms with Gasteiger partial charge in [0.2, 0.25) is 0 Å². The lowest BCUT2D eigenvalue weighted by molar-refractivity contribution is 0.624.